The Morgan fingerprint density at radius 2 is 1.82 bits per heavy atom. The maximum absolute atomic E-state index is 12.5. The molecule has 0 fully saturated rings. The first-order valence-electron chi connectivity index (χ1n) is 6.73. The number of halogens is 1. The van der Waals surface area contributed by atoms with Crippen LogP contribution < -0.4 is 5.56 Å². The van der Waals surface area contributed by atoms with Crippen molar-refractivity contribution in [3.05, 3.63) is 62.9 Å². The lowest BCUT2D eigenvalue weighted by molar-refractivity contribution is 0.465. The highest BCUT2D eigenvalue weighted by Gasteiger charge is 2.16. The summed E-state index contributed by atoms with van der Waals surface area (Å²) in [6.45, 7) is 2.01. The fourth-order valence-corrected chi connectivity index (χ4v) is 3.59. The number of hydrogen-bond donors (Lipinski definition) is 1. The first-order chi connectivity index (χ1) is 10.5. The van der Waals surface area contributed by atoms with E-state index in [0.717, 1.165) is 14.9 Å². The highest BCUT2D eigenvalue weighted by Crippen LogP contribution is 2.37. The molecule has 0 bridgehead atoms. The van der Waals surface area contributed by atoms with E-state index in [0.29, 0.717) is 15.8 Å². The van der Waals surface area contributed by atoms with Crippen LogP contribution in [0.25, 0.3) is 10.9 Å². The largest absolute Gasteiger partial charge is 0.506 e. The molecule has 0 unspecified atom stereocenters. The van der Waals surface area contributed by atoms with Crippen molar-refractivity contribution in [3.8, 4) is 5.75 Å². The van der Waals surface area contributed by atoms with Crippen LogP contribution in [0.1, 0.15) is 5.56 Å². The van der Waals surface area contributed by atoms with Crippen molar-refractivity contribution >= 4 is 38.6 Å². The first kappa shape index (κ1) is 15.2. The summed E-state index contributed by atoms with van der Waals surface area (Å²) in [7, 11) is 1.72. The molecule has 0 saturated heterocycles. The van der Waals surface area contributed by atoms with Crippen LogP contribution in [-0.4, -0.2) is 9.67 Å². The Morgan fingerprint density at radius 3 is 2.50 bits per heavy atom. The van der Waals surface area contributed by atoms with Crippen LogP contribution in [0, 0.1) is 6.92 Å². The fourth-order valence-electron chi connectivity index (χ4n) is 2.29. The molecule has 5 heteroatoms. The fraction of sp³-hybridized carbons (Fsp3) is 0.118. The van der Waals surface area contributed by atoms with E-state index in [1.165, 1.54) is 11.8 Å². The number of aryl methyl sites for hydroxylation is 2. The second-order valence-electron chi connectivity index (χ2n) is 5.12. The predicted molar refractivity (Wildman–Crippen MR) is 93.9 cm³/mol. The van der Waals surface area contributed by atoms with Gasteiger partial charge in [0.1, 0.15) is 10.6 Å². The van der Waals surface area contributed by atoms with Crippen LogP contribution in [0.2, 0.25) is 0 Å². The lowest BCUT2D eigenvalue weighted by Crippen LogP contribution is -2.18. The number of aromatic hydroxyl groups is 1. The molecule has 1 N–H and O–H groups in total. The van der Waals surface area contributed by atoms with E-state index < -0.39 is 0 Å². The summed E-state index contributed by atoms with van der Waals surface area (Å²) < 4.78 is 2.43. The van der Waals surface area contributed by atoms with E-state index in [4.69, 9.17) is 0 Å². The van der Waals surface area contributed by atoms with E-state index in [1.807, 2.05) is 49.4 Å². The molecule has 3 rings (SSSR count). The highest BCUT2D eigenvalue weighted by molar-refractivity contribution is 9.10. The Labute approximate surface area is 140 Å². The van der Waals surface area contributed by atoms with Gasteiger partial charge < -0.3 is 9.67 Å². The molecule has 0 saturated carbocycles. The van der Waals surface area contributed by atoms with Crippen LogP contribution in [0.15, 0.2) is 61.5 Å². The maximum Gasteiger partial charge on any atom is 0.268 e. The third-order valence-corrected chi connectivity index (χ3v) is 5.10. The minimum absolute atomic E-state index is 0.0324. The third kappa shape index (κ3) is 2.66. The van der Waals surface area contributed by atoms with Crippen LogP contribution in [0.3, 0.4) is 0 Å². The van der Waals surface area contributed by atoms with E-state index >= 15 is 0 Å². The van der Waals surface area contributed by atoms with Gasteiger partial charge in [-0.2, -0.15) is 0 Å². The van der Waals surface area contributed by atoms with Crippen molar-refractivity contribution in [2.24, 2.45) is 7.05 Å². The van der Waals surface area contributed by atoms with Gasteiger partial charge in [0.05, 0.1) is 5.52 Å². The van der Waals surface area contributed by atoms with Crippen LogP contribution in [0.4, 0.5) is 0 Å². The number of rotatable bonds is 2. The Hall–Kier alpha value is -1.72. The van der Waals surface area contributed by atoms with Gasteiger partial charge in [-0.1, -0.05) is 45.4 Å². The summed E-state index contributed by atoms with van der Waals surface area (Å²) in [6, 6.07) is 13.4. The molecule has 0 aliphatic rings. The summed E-state index contributed by atoms with van der Waals surface area (Å²) in [5.74, 6) is 0.0324. The number of benzene rings is 2. The zero-order valence-electron chi connectivity index (χ0n) is 12.1. The topological polar surface area (TPSA) is 42.2 Å². The number of hydrogen-bond acceptors (Lipinski definition) is 3. The van der Waals surface area contributed by atoms with Crippen molar-refractivity contribution in [1.82, 2.24) is 4.57 Å². The van der Waals surface area contributed by atoms with Crippen LogP contribution in [-0.2, 0) is 7.05 Å². The Kier molecular flexibility index (Phi) is 4.02. The molecule has 0 spiro atoms. The quantitative estimate of drug-likeness (QED) is 0.718. The monoisotopic (exact) mass is 375 g/mol. The molecule has 0 amide bonds. The molecular weight excluding hydrogens is 362 g/mol. The molecule has 0 aliphatic carbocycles. The smallest absolute Gasteiger partial charge is 0.268 e. The zero-order chi connectivity index (χ0) is 15.9. The maximum atomic E-state index is 12.5. The van der Waals surface area contributed by atoms with Crippen LogP contribution in [0.5, 0.6) is 5.75 Å². The van der Waals surface area contributed by atoms with Crippen molar-refractivity contribution < 1.29 is 5.11 Å². The Balaban J connectivity index is 2.21. The molecule has 0 atom stereocenters. The van der Waals surface area contributed by atoms with Crippen molar-refractivity contribution in [2.75, 3.05) is 0 Å². The summed E-state index contributed by atoms with van der Waals surface area (Å²) in [4.78, 5) is 13.8. The van der Waals surface area contributed by atoms with E-state index in [9.17, 15) is 9.90 Å². The average Bonchev–Trinajstić information content (AvgIpc) is 2.51. The molecule has 3 nitrogen and oxygen atoms in total. The van der Waals surface area contributed by atoms with Crippen molar-refractivity contribution in [1.29, 1.82) is 0 Å². The van der Waals surface area contributed by atoms with E-state index in [-0.39, 0.29) is 11.3 Å². The lowest BCUT2D eigenvalue weighted by Gasteiger charge is -2.12. The standard InChI is InChI=1S/C17H14BrNO2S/c1-10-3-6-12(7-4-10)22-16-15(20)13-9-11(18)5-8-14(13)19(2)17(16)21/h3-9,20H,1-2H3. The summed E-state index contributed by atoms with van der Waals surface area (Å²) >= 11 is 4.69. The molecule has 0 radical (unpaired) electrons. The van der Waals surface area contributed by atoms with E-state index in [1.54, 1.807) is 11.6 Å². The number of fused-ring (bicyclic) bond motifs is 1. The van der Waals surface area contributed by atoms with Gasteiger partial charge in [0, 0.05) is 21.8 Å². The Morgan fingerprint density at radius 1 is 1.14 bits per heavy atom. The third-order valence-electron chi connectivity index (χ3n) is 3.53. The molecule has 1 aromatic heterocycles. The molecule has 3 aromatic rings. The summed E-state index contributed by atoms with van der Waals surface area (Å²) in [6.07, 6.45) is 0. The minimum atomic E-state index is -0.196. The molecule has 0 aliphatic heterocycles. The normalized spacial score (nSPS) is 11.0. The molecule has 1 heterocycles. The molecule has 112 valence electrons. The predicted octanol–water partition coefficient (Wildman–Crippen LogP) is 4.47. The number of nitrogens with zero attached hydrogens (tertiary/aromatic N) is 1. The second-order valence-corrected chi connectivity index (χ2v) is 7.12. The van der Waals surface area contributed by atoms with Gasteiger partial charge in [0.15, 0.2) is 0 Å². The van der Waals surface area contributed by atoms with Gasteiger partial charge in [-0.15, -0.1) is 0 Å². The first-order valence-corrected chi connectivity index (χ1v) is 8.34. The Bertz CT molecular complexity index is 917. The average molecular weight is 376 g/mol. The van der Waals surface area contributed by atoms with E-state index in [2.05, 4.69) is 15.9 Å². The number of pyridine rings is 1. The minimum Gasteiger partial charge on any atom is -0.506 e. The van der Waals surface area contributed by atoms with Gasteiger partial charge >= 0.3 is 0 Å². The van der Waals surface area contributed by atoms with Crippen LogP contribution >= 0.6 is 27.7 Å². The van der Waals surface area contributed by atoms with Gasteiger partial charge in [-0.25, -0.2) is 0 Å². The molecule has 2 aromatic carbocycles. The molecular formula is C17H14BrNO2S. The number of aromatic nitrogens is 1. The highest BCUT2D eigenvalue weighted by atomic mass is 79.9. The van der Waals surface area contributed by atoms with Crippen molar-refractivity contribution in [2.45, 2.75) is 16.7 Å². The zero-order valence-corrected chi connectivity index (χ0v) is 14.5. The van der Waals surface area contributed by atoms with Gasteiger partial charge in [0.25, 0.3) is 5.56 Å². The van der Waals surface area contributed by atoms with Gasteiger partial charge in [-0.05, 0) is 37.3 Å². The summed E-state index contributed by atoms with van der Waals surface area (Å²) in [5.41, 5.74) is 1.67. The second kappa shape index (κ2) is 5.82. The molecule has 22 heavy (non-hydrogen) atoms. The SMILES string of the molecule is Cc1ccc(Sc2c(O)c3cc(Br)ccc3n(C)c2=O)cc1. The van der Waals surface area contributed by atoms with Gasteiger partial charge in [0.2, 0.25) is 0 Å². The van der Waals surface area contributed by atoms with Gasteiger partial charge in [-0.3, -0.25) is 4.79 Å². The summed E-state index contributed by atoms with van der Waals surface area (Å²) in [5, 5.41) is 11.2. The lowest BCUT2D eigenvalue weighted by atomic mass is 10.2. The van der Waals surface area contributed by atoms with Crippen molar-refractivity contribution in [3.63, 3.8) is 0 Å².